The molecule has 146 valence electrons. The Kier molecular flexibility index (Phi) is 5.11. The highest BCUT2D eigenvalue weighted by Gasteiger charge is 2.11. The molecule has 0 saturated heterocycles. The molecule has 2 aromatic heterocycles. The number of carbonyl (C=O) groups excluding carboxylic acids is 1. The number of benzene rings is 2. The lowest BCUT2D eigenvalue weighted by molar-refractivity contribution is -0.118. The van der Waals surface area contributed by atoms with E-state index in [0.717, 1.165) is 27.8 Å². The van der Waals surface area contributed by atoms with Gasteiger partial charge < -0.3 is 19.3 Å². The number of aromatic nitrogens is 2. The lowest BCUT2D eigenvalue weighted by Crippen LogP contribution is -2.20. The van der Waals surface area contributed by atoms with E-state index in [9.17, 15) is 4.79 Å². The summed E-state index contributed by atoms with van der Waals surface area (Å²) in [5.74, 6) is 1.90. The van der Waals surface area contributed by atoms with Crippen LogP contribution in [0.3, 0.4) is 0 Å². The fourth-order valence-corrected chi connectivity index (χ4v) is 2.97. The smallest absolute Gasteiger partial charge is 0.263 e. The van der Waals surface area contributed by atoms with Crippen LogP contribution < -0.4 is 14.8 Å². The van der Waals surface area contributed by atoms with E-state index in [1.807, 2.05) is 43.3 Å². The summed E-state index contributed by atoms with van der Waals surface area (Å²) in [6, 6.07) is 16.7. The van der Waals surface area contributed by atoms with Crippen LogP contribution in [-0.4, -0.2) is 29.8 Å². The molecule has 0 bridgehead atoms. The van der Waals surface area contributed by atoms with Crippen LogP contribution >= 0.6 is 0 Å². The normalized spacial score (nSPS) is 10.7. The maximum absolute atomic E-state index is 12.2. The number of methoxy groups -OCH3 is 1. The third-order valence-electron chi connectivity index (χ3n) is 4.40. The van der Waals surface area contributed by atoms with E-state index in [4.69, 9.17) is 14.0 Å². The van der Waals surface area contributed by atoms with Crippen LogP contribution in [0.1, 0.15) is 5.56 Å². The number of nitrogens with zero attached hydrogens (tertiary/aromatic N) is 2. The van der Waals surface area contributed by atoms with Gasteiger partial charge in [-0.25, -0.2) is 0 Å². The lowest BCUT2D eigenvalue weighted by atomic mass is 10.1. The van der Waals surface area contributed by atoms with Crippen molar-refractivity contribution >= 4 is 22.6 Å². The number of ether oxygens (including phenoxy) is 2. The molecule has 7 heteroatoms. The summed E-state index contributed by atoms with van der Waals surface area (Å²) in [6.45, 7) is 1.77. The van der Waals surface area contributed by atoms with Crippen molar-refractivity contribution in [3.05, 3.63) is 66.4 Å². The Morgan fingerprint density at radius 3 is 2.86 bits per heavy atom. The van der Waals surface area contributed by atoms with Crippen LogP contribution in [0.2, 0.25) is 0 Å². The molecule has 2 aromatic carbocycles. The second-order valence-electron chi connectivity index (χ2n) is 6.46. The molecule has 7 nitrogen and oxygen atoms in total. The van der Waals surface area contributed by atoms with Gasteiger partial charge in [0.2, 0.25) is 0 Å². The Balaban J connectivity index is 1.39. The summed E-state index contributed by atoms with van der Waals surface area (Å²) in [4.78, 5) is 16.5. The maximum Gasteiger partial charge on any atom is 0.263 e. The summed E-state index contributed by atoms with van der Waals surface area (Å²) in [7, 11) is 1.61. The molecular formula is C22H19N3O4. The van der Waals surface area contributed by atoms with Gasteiger partial charge in [0.25, 0.3) is 5.91 Å². The van der Waals surface area contributed by atoms with Crippen molar-refractivity contribution in [3.8, 4) is 22.8 Å². The van der Waals surface area contributed by atoms with Crippen molar-refractivity contribution in [1.82, 2.24) is 10.1 Å². The average molecular weight is 389 g/mol. The zero-order chi connectivity index (χ0) is 20.2. The van der Waals surface area contributed by atoms with Gasteiger partial charge in [-0.2, -0.15) is 0 Å². The standard InChI is InChI=1S/C22H19N3O4/c1-14-10-17(6-8-19(14)27-2)28-13-22(26)24-21-12-20(29-25-21)16-5-7-18-15(11-16)4-3-9-23-18/h3-12H,13H2,1-2H3,(H,24,25,26). The average Bonchev–Trinajstić information content (AvgIpc) is 3.20. The molecule has 2 heterocycles. The van der Waals surface area contributed by atoms with Crippen molar-refractivity contribution in [2.45, 2.75) is 6.92 Å². The number of fused-ring (bicyclic) bond motifs is 1. The van der Waals surface area contributed by atoms with Crippen LogP contribution in [0, 0.1) is 6.92 Å². The molecule has 0 saturated carbocycles. The van der Waals surface area contributed by atoms with Gasteiger partial charge in [-0.3, -0.25) is 9.78 Å². The van der Waals surface area contributed by atoms with E-state index in [2.05, 4.69) is 15.5 Å². The van der Waals surface area contributed by atoms with Crippen LogP contribution in [0.4, 0.5) is 5.82 Å². The first-order valence-corrected chi connectivity index (χ1v) is 9.01. The predicted molar refractivity (Wildman–Crippen MR) is 109 cm³/mol. The molecule has 0 atom stereocenters. The number of amides is 1. The highest BCUT2D eigenvalue weighted by molar-refractivity contribution is 5.91. The first kappa shape index (κ1) is 18.5. The molecule has 1 N–H and O–H groups in total. The SMILES string of the molecule is COc1ccc(OCC(=O)Nc2cc(-c3ccc4ncccc4c3)on2)cc1C. The Hall–Kier alpha value is -3.87. The molecule has 0 aliphatic rings. The molecule has 29 heavy (non-hydrogen) atoms. The second kappa shape index (κ2) is 8.02. The summed E-state index contributed by atoms with van der Waals surface area (Å²) in [5.41, 5.74) is 2.68. The summed E-state index contributed by atoms with van der Waals surface area (Å²) in [5, 5.41) is 7.58. The number of pyridine rings is 1. The van der Waals surface area contributed by atoms with Crippen LogP contribution in [-0.2, 0) is 4.79 Å². The molecule has 4 rings (SSSR count). The Morgan fingerprint density at radius 2 is 2.03 bits per heavy atom. The summed E-state index contributed by atoms with van der Waals surface area (Å²) >= 11 is 0. The third-order valence-corrected chi connectivity index (χ3v) is 4.40. The summed E-state index contributed by atoms with van der Waals surface area (Å²) < 4.78 is 16.1. The molecule has 0 fully saturated rings. The lowest BCUT2D eigenvalue weighted by Gasteiger charge is -2.09. The first-order valence-electron chi connectivity index (χ1n) is 9.01. The predicted octanol–water partition coefficient (Wildman–Crippen LogP) is 4.22. The largest absolute Gasteiger partial charge is 0.496 e. The highest BCUT2D eigenvalue weighted by Crippen LogP contribution is 2.26. The van der Waals surface area contributed by atoms with E-state index in [1.54, 1.807) is 31.5 Å². The number of carbonyl (C=O) groups is 1. The Bertz CT molecular complexity index is 1170. The molecule has 0 aliphatic carbocycles. The van der Waals surface area contributed by atoms with Gasteiger partial charge in [0.1, 0.15) is 11.5 Å². The molecule has 0 unspecified atom stereocenters. The molecule has 4 aromatic rings. The van der Waals surface area contributed by atoms with E-state index >= 15 is 0 Å². The second-order valence-corrected chi connectivity index (χ2v) is 6.46. The van der Waals surface area contributed by atoms with E-state index in [-0.39, 0.29) is 12.5 Å². The molecular weight excluding hydrogens is 370 g/mol. The van der Waals surface area contributed by atoms with Crippen molar-refractivity contribution in [2.24, 2.45) is 0 Å². The quantitative estimate of drug-likeness (QED) is 0.531. The number of rotatable bonds is 6. The van der Waals surface area contributed by atoms with Crippen molar-refractivity contribution in [2.75, 3.05) is 19.0 Å². The van der Waals surface area contributed by atoms with Crippen molar-refractivity contribution in [3.63, 3.8) is 0 Å². The van der Waals surface area contributed by atoms with Crippen LogP contribution in [0.5, 0.6) is 11.5 Å². The fraction of sp³-hybridized carbons (Fsp3) is 0.136. The number of anilines is 1. The third kappa shape index (κ3) is 4.19. The van der Waals surface area contributed by atoms with Gasteiger partial charge >= 0.3 is 0 Å². The number of hydrogen-bond acceptors (Lipinski definition) is 6. The molecule has 0 aliphatic heterocycles. The van der Waals surface area contributed by atoms with Gasteiger partial charge in [0.15, 0.2) is 18.2 Å². The molecule has 0 radical (unpaired) electrons. The minimum absolute atomic E-state index is 0.143. The number of hydrogen-bond donors (Lipinski definition) is 1. The van der Waals surface area contributed by atoms with E-state index in [1.165, 1.54) is 0 Å². The zero-order valence-corrected chi connectivity index (χ0v) is 16.0. The van der Waals surface area contributed by atoms with E-state index < -0.39 is 0 Å². The van der Waals surface area contributed by atoms with Gasteiger partial charge in [-0.1, -0.05) is 11.2 Å². The monoisotopic (exact) mass is 389 g/mol. The minimum atomic E-state index is -0.332. The van der Waals surface area contributed by atoms with Gasteiger partial charge in [0, 0.05) is 23.2 Å². The highest BCUT2D eigenvalue weighted by atomic mass is 16.5. The Labute approximate surface area is 167 Å². The minimum Gasteiger partial charge on any atom is -0.496 e. The summed E-state index contributed by atoms with van der Waals surface area (Å²) in [6.07, 6.45) is 1.75. The number of aryl methyl sites for hydroxylation is 1. The van der Waals surface area contributed by atoms with Crippen LogP contribution in [0.15, 0.2) is 65.3 Å². The van der Waals surface area contributed by atoms with Gasteiger partial charge in [0.05, 0.1) is 12.6 Å². The van der Waals surface area contributed by atoms with Crippen LogP contribution in [0.25, 0.3) is 22.2 Å². The van der Waals surface area contributed by atoms with Gasteiger partial charge in [-0.15, -0.1) is 0 Å². The fourth-order valence-electron chi connectivity index (χ4n) is 2.97. The molecule has 1 amide bonds. The van der Waals surface area contributed by atoms with Gasteiger partial charge in [-0.05, 0) is 55.0 Å². The molecule has 0 spiro atoms. The Morgan fingerprint density at radius 1 is 1.14 bits per heavy atom. The van der Waals surface area contributed by atoms with Crippen molar-refractivity contribution < 1.29 is 18.8 Å². The zero-order valence-electron chi connectivity index (χ0n) is 16.0. The number of nitrogens with one attached hydrogen (secondary N) is 1. The van der Waals surface area contributed by atoms with E-state index in [0.29, 0.717) is 17.3 Å². The topological polar surface area (TPSA) is 86.5 Å². The first-order chi connectivity index (χ1) is 14.1. The van der Waals surface area contributed by atoms with Crippen molar-refractivity contribution in [1.29, 1.82) is 0 Å². The maximum atomic E-state index is 12.2.